The van der Waals surface area contributed by atoms with Gasteiger partial charge in [-0.25, -0.2) is 4.99 Å². The maximum Gasteiger partial charge on any atom is 0.236 e. The van der Waals surface area contributed by atoms with E-state index in [1.165, 1.54) is 33.4 Å². The highest BCUT2D eigenvalue weighted by atomic mass is 15.2. The summed E-state index contributed by atoms with van der Waals surface area (Å²) in [5.74, 6) is 0.443. The third-order valence-corrected chi connectivity index (χ3v) is 11.3. The number of hydrogen-bond donors (Lipinski definition) is 1. The summed E-state index contributed by atoms with van der Waals surface area (Å²) in [6.07, 6.45) is 1.76. The van der Waals surface area contributed by atoms with Gasteiger partial charge < -0.3 is 0 Å². The molecule has 9 aromatic rings. The van der Waals surface area contributed by atoms with E-state index < -0.39 is 5.41 Å². The summed E-state index contributed by atoms with van der Waals surface area (Å²) in [6, 6.07) is 71.0. The topological polar surface area (TPSA) is 77.3 Å². The number of hydrogen-bond acceptors (Lipinski definition) is 2. The normalized spacial score (nSPS) is 13.1. The molecule has 0 bridgehead atoms. The van der Waals surface area contributed by atoms with E-state index in [0.717, 1.165) is 38.5 Å². The molecule has 5 nitrogen and oxygen atoms in total. The van der Waals surface area contributed by atoms with Crippen LogP contribution in [0, 0.1) is 16.7 Å². The van der Waals surface area contributed by atoms with Gasteiger partial charge in [-0.05, 0) is 86.5 Å². The molecule has 10 rings (SSSR count). The molecule has 0 aliphatic heterocycles. The van der Waals surface area contributed by atoms with Gasteiger partial charge in [-0.2, -0.15) is 10.3 Å². The van der Waals surface area contributed by atoms with Crippen LogP contribution in [-0.2, 0) is 5.41 Å². The van der Waals surface area contributed by atoms with Gasteiger partial charge in [0, 0.05) is 22.6 Å². The van der Waals surface area contributed by atoms with Gasteiger partial charge in [-0.3, -0.25) is 9.98 Å². The van der Waals surface area contributed by atoms with E-state index in [2.05, 4.69) is 144 Å². The molecule has 0 amide bonds. The summed E-state index contributed by atoms with van der Waals surface area (Å²) in [4.78, 5) is 10.2. The number of nitrogens with one attached hydrogen (secondary N) is 1. The van der Waals surface area contributed by atoms with Crippen LogP contribution in [-0.4, -0.2) is 22.6 Å². The zero-order valence-electron chi connectivity index (χ0n) is 31.4. The molecule has 0 atom stereocenters. The highest BCUT2D eigenvalue weighted by molar-refractivity contribution is 6.18. The number of nitrogens with zero attached hydrogens (tertiary/aromatic N) is 4. The highest BCUT2D eigenvalue weighted by Crippen LogP contribution is 2.57. The number of amidine groups is 1. The Labute approximate surface area is 336 Å². The average Bonchev–Trinajstić information content (AvgIpc) is 3.78. The number of para-hydroxylation sites is 1. The van der Waals surface area contributed by atoms with E-state index >= 15 is 0 Å². The number of fused-ring (bicyclic) bond motifs is 6. The van der Waals surface area contributed by atoms with Gasteiger partial charge in [0.25, 0.3) is 0 Å². The highest BCUT2D eigenvalue weighted by Gasteiger charge is 2.46. The summed E-state index contributed by atoms with van der Waals surface area (Å²) in [6.45, 7) is 0. The second-order valence-corrected chi connectivity index (χ2v) is 14.5. The summed E-state index contributed by atoms with van der Waals surface area (Å²) in [5.41, 5.74) is 12.6. The van der Waals surface area contributed by atoms with Crippen LogP contribution >= 0.6 is 0 Å². The fraction of sp³-hybridized carbons (Fsp3) is 0.0189. The van der Waals surface area contributed by atoms with Crippen molar-refractivity contribution in [3.05, 3.63) is 239 Å². The van der Waals surface area contributed by atoms with E-state index in [0.29, 0.717) is 17.1 Å². The van der Waals surface area contributed by atoms with E-state index in [9.17, 15) is 10.7 Å². The Morgan fingerprint density at radius 2 is 1.19 bits per heavy atom. The van der Waals surface area contributed by atoms with Gasteiger partial charge in [-0.15, -0.1) is 0 Å². The van der Waals surface area contributed by atoms with Crippen molar-refractivity contribution in [3.8, 4) is 28.3 Å². The van der Waals surface area contributed by atoms with E-state index in [4.69, 9.17) is 9.98 Å². The van der Waals surface area contributed by atoms with Crippen LogP contribution in [0.4, 0.5) is 0 Å². The van der Waals surface area contributed by atoms with Gasteiger partial charge in [0.2, 0.25) is 5.96 Å². The maximum atomic E-state index is 9.46. The van der Waals surface area contributed by atoms with Gasteiger partial charge in [0.1, 0.15) is 0 Å². The molecule has 8 aromatic carbocycles. The summed E-state index contributed by atoms with van der Waals surface area (Å²) in [7, 11) is 0. The lowest BCUT2D eigenvalue weighted by atomic mass is 9.67. The molecular formula is C53H35N5. The summed E-state index contributed by atoms with van der Waals surface area (Å²) < 4.78 is 2.10. The molecule has 58 heavy (non-hydrogen) atoms. The lowest BCUT2D eigenvalue weighted by Gasteiger charge is -2.34. The average molecular weight is 742 g/mol. The summed E-state index contributed by atoms with van der Waals surface area (Å²) >= 11 is 0. The van der Waals surface area contributed by atoms with Gasteiger partial charge in [0.05, 0.1) is 28.1 Å². The molecule has 1 aliphatic carbocycles. The molecule has 0 saturated heterocycles. The third-order valence-electron chi connectivity index (χ3n) is 11.3. The Bertz CT molecular complexity index is 3080. The first-order valence-electron chi connectivity index (χ1n) is 19.3. The largest absolute Gasteiger partial charge is 0.282 e. The van der Waals surface area contributed by atoms with Crippen LogP contribution in [0.5, 0.6) is 0 Å². The second kappa shape index (κ2) is 14.3. The van der Waals surface area contributed by atoms with Crippen molar-refractivity contribution in [1.29, 1.82) is 10.7 Å². The minimum Gasteiger partial charge on any atom is -0.282 e. The van der Waals surface area contributed by atoms with Crippen molar-refractivity contribution < 1.29 is 0 Å². The van der Waals surface area contributed by atoms with Crippen LogP contribution in [0.15, 0.2) is 210 Å². The van der Waals surface area contributed by atoms with Gasteiger partial charge in [0.15, 0.2) is 5.84 Å². The van der Waals surface area contributed by atoms with E-state index in [-0.39, 0.29) is 5.84 Å². The van der Waals surface area contributed by atoms with Crippen molar-refractivity contribution in [3.63, 3.8) is 0 Å². The fourth-order valence-electron chi connectivity index (χ4n) is 8.67. The number of aromatic nitrogens is 1. The SMILES string of the molecule is N#Cc1ccc(C=NC(=NC(=N)c2cccc(-c3ccccc3)c2)n2c3ccccc3c3cc4c(cc32)C(c2ccccc2)(c2ccccc2)c2ccccc2-4)cc1. The first-order chi connectivity index (χ1) is 28.6. The van der Waals surface area contributed by atoms with Crippen molar-refractivity contribution in [2.45, 2.75) is 5.41 Å². The van der Waals surface area contributed by atoms with E-state index in [1.54, 1.807) is 18.3 Å². The van der Waals surface area contributed by atoms with Crippen LogP contribution in [0.25, 0.3) is 44.1 Å². The zero-order valence-corrected chi connectivity index (χ0v) is 31.4. The second-order valence-electron chi connectivity index (χ2n) is 14.5. The van der Waals surface area contributed by atoms with Crippen LogP contribution in [0.2, 0.25) is 0 Å². The van der Waals surface area contributed by atoms with Crippen molar-refractivity contribution in [1.82, 2.24) is 4.57 Å². The summed E-state index contributed by atoms with van der Waals surface area (Å²) in [5, 5.41) is 21.0. The lowest BCUT2D eigenvalue weighted by Crippen LogP contribution is -2.28. The van der Waals surface area contributed by atoms with Gasteiger partial charge in [-0.1, -0.05) is 164 Å². The Morgan fingerprint density at radius 3 is 1.91 bits per heavy atom. The predicted molar refractivity (Wildman–Crippen MR) is 237 cm³/mol. The van der Waals surface area contributed by atoms with Gasteiger partial charge >= 0.3 is 0 Å². The molecule has 5 heteroatoms. The number of aliphatic imine (C=N–C) groups is 2. The van der Waals surface area contributed by atoms with Crippen molar-refractivity contribution in [2.75, 3.05) is 0 Å². The first-order valence-corrected chi connectivity index (χ1v) is 19.3. The molecule has 272 valence electrons. The number of rotatable bonds is 5. The number of benzene rings is 8. The maximum absolute atomic E-state index is 9.46. The zero-order chi connectivity index (χ0) is 39.1. The lowest BCUT2D eigenvalue weighted by molar-refractivity contribution is 0.769. The molecule has 0 fully saturated rings. The Morgan fingerprint density at radius 1 is 0.552 bits per heavy atom. The minimum absolute atomic E-state index is 0.0900. The molecule has 1 heterocycles. The monoisotopic (exact) mass is 741 g/mol. The van der Waals surface area contributed by atoms with Crippen LogP contribution in [0.3, 0.4) is 0 Å². The fourth-order valence-corrected chi connectivity index (χ4v) is 8.67. The van der Waals surface area contributed by atoms with Crippen LogP contribution in [0.1, 0.15) is 38.9 Å². The molecular weight excluding hydrogens is 707 g/mol. The number of nitriles is 1. The van der Waals surface area contributed by atoms with Crippen molar-refractivity contribution >= 4 is 39.8 Å². The quantitative estimate of drug-likeness (QED) is 0.138. The molecule has 0 saturated carbocycles. The molecule has 0 spiro atoms. The first kappa shape index (κ1) is 34.5. The molecule has 0 unspecified atom stereocenters. The molecule has 1 aliphatic rings. The molecule has 0 radical (unpaired) electrons. The standard InChI is InChI=1S/C53H35N5/c54-34-36-27-29-37(30-28-36)35-56-52(57-51(55)40-18-14-17-39(31-40)38-15-4-1-5-16-38)58-49-26-13-11-24-44(49)46-32-45-43-23-10-12-25-47(43)53(48(45)33-50(46)58,41-19-6-2-7-20-41)42-21-8-3-9-22-42/h1-33,35,55H. The van der Waals surface area contributed by atoms with E-state index in [1.807, 2.05) is 54.6 Å². The predicted octanol–water partition coefficient (Wildman–Crippen LogP) is 12.0. The third kappa shape index (κ3) is 5.67. The molecule has 1 N–H and O–H groups in total. The minimum atomic E-state index is -0.600. The van der Waals surface area contributed by atoms with Crippen LogP contribution < -0.4 is 0 Å². The van der Waals surface area contributed by atoms with Crippen molar-refractivity contribution in [2.24, 2.45) is 9.98 Å². The Balaban J connectivity index is 1.25. The molecule has 1 aromatic heterocycles. The smallest absolute Gasteiger partial charge is 0.236 e. The Hall–Kier alpha value is -7.94. The Kier molecular flexibility index (Phi) is 8.51.